The molecule has 9 nitrogen and oxygen atoms in total. The number of nitrogens with two attached hydrogens (primary N) is 1. The highest BCUT2D eigenvalue weighted by Gasteiger charge is 2.18. The van der Waals surface area contributed by atoms with Crippen molar-refractivity contribution in [2.45, 2.75) is 6.92 Å². The molecule has 0 atom stereocenters. The zero-order chi connectivity index (χ0) is 18.7. The molecule has 0 unspecified atom stereocenters. The van der Waals surface area contributed by atoms with E-state index in [1.165, 1.54) is 0 Å². The molecule has 0 aliphatic carbocycles. The number of anilines is 1. The number of nitrogen functional groups attached to an aromatic ring is 1. The van der Waals surface area contributed by atoms with E-state index in [-0.39, 0.29) is 36.9 Å². The predicted octanol–water partition coefficient (Wildman–Crippen LogP) is 2.65. The van der Waals surface area contributed by atoms with E-state index in [0.717, 1.165) is 29.7 Å². The van der Waals surface area contributed by atoms with Gasteiger partial charge in [-0.25, -0.2) is 5.43 Å². The second-order valence-electron chi connectivity index (χ2n) is 4.73. The lowest BCUT2D eigenvalue weighted by Crippen LogP contribution is -2.17. The molecule has 0 saturated carbocycles. The van der Waals surface area contributed by atoms with E-state index in [1.54, 1.807) is 6.92 Å². The summed E-state index contributed by atoms with van der Waals surface area (Å²) < 4.78 is 0.120. The van der Waals surface area contributed by atoms with E-state index in [1.807, 2.05) is 6.07 Å². The smallest absolute Gasteiger partial charge is 0.281 e. The summed E-state index contributed by atoms with van der Waals surface area (Å²) in [6, 6.07) is 4.17. The number of non-ortho nitro benzene ring substituents is 1. The highest BCUT2D eigenvalue weighted by Crippen LogP contribution is 2.32. The number of hydrogen-bond acceptors (Lipinski definition) is 8. The molecule has 128 valence electrons. The number of phenols is 1. The second kappa shape index (κ2) is 7.29. The summed E-state index contributed by atoms with van der Waals surface area (Å²) in [5, 5.41) is 33.6. The zero-order valence-electron chi connectivity index (χ0n) is 12.6. The van der Waals surface area contributed by atoms with Crippen LogP contribution in [-0.2, 0) is 0 Å². The number of thiophene rings is 1. The maximum atomic E-state index is 12.1. The van der Waals surface area contributed by atoms with E-state index in [9.17, 15) is 20.0 Å². The number of nitro benzene ring substituents is 1. The summed E-state index contributed by atoms with van der Waals surface area (Å²) >= 11 is 3.96. The number of nitro groups is 1. The number of nitriles is 1. The van der Waals surface area contributed by atoms with Crippen molar-refractivity contribution >= 4 is 50.1 Å². The predicted molar refractivity (Wildman–Crippen MR) is 95.7 cm³/mol. The molecule has 25 heavy (non-hydrogen) atoms. The SMILES string of the molecule is Cc1c(C(=O)N/N=C\c2cc([N+](=O)[O-])cc(Br)c2O)sc(N)c1C#N. The van der Waals surface area contributed by atoms with Crippen LogP contribution in [0.25, 0.3) is 0 Å². The number of phenolic OH excluding ortho intramolecular Hbond substituents is 1. The van der Waals surface area contributed by atoms with Crippen LogP contribution in [0.1, 0.15) is 26.4 Å². The van der Waals surface area contributed by atoms with Crippen molar-refractivity contribution in [2.24, 2.45) is 5.10 Å². The van der Waals surface area contributed by atoms with Crippen molar-refractivity contribution in [1.29, 1.82) is 5.26 Å². The van der Waals surface area contributed by atoms with Gasteiger partial charge in [-0.1, -0.05) is 0 Å². The number of hydrazone groups is 1. The number of rotatable bonds is 4. The molecule has 4 N–H and O–H groups in total. The third-order valence-electron chi connectivity index (χ3n) is 3.15. The average Bonchev–Trinajstić information content (AvgIpc) is 2.85. The van der Waals surface area contributed by atoms with Gasteiger partial charge in [0.1, 0.15) is 21.7 Å². The van der Waals surface area contributed by atoms with Gasteiger partial charge in [0, 0.05) is 17.7 Å². The Labute approximate surface area is 153 Å². The Bertz CT molecular complexity index is 948. The van der Waals surface area contributed by atoms with E-state index < -0.39 is 10.8 Å². The van der Waals surface area contributed by atoms with Crippen molar-refractivity contribution < 1.29 is 14.8 Å². The van der Waals surface area contributed by atoms with Crippen LogP contribution in [0.5, 0.6) is 5.75 Å². The highest BCUT2D eigenvalue weighted by atomic mass is 79.9. The number of nitrogens with one attached hydrogen (secondary N) is 1. The molecule has 0 bridgehead atoms. The van der Waals surface area contributed by atoms with Crippen LogP contribution >= 0.6 is 27.3 Å². The molecule has 0 aliphatic heterocycles. The number of amides is 1. The molecule has 2 aromatic rings. The summed E-state index contributed by atoms with van der Waals surface area (Å²) in [5.74, 6) is -0.845. The van der Waals surface area contributed by atoms with Crippen LogP contribution in [0.2, 0.25) is 0 Å². The molecular weight excluding hydrogens is 414 g/mol. The van der Waals surface area contributed by atoms with Crippen LogP contribution in [0, 0.1) is 28.4 Å². The van der Waals surface area contributed by atoms with Crippen molar-refractivity contribution in [2.75, 3.05) is 5.73 Å². The minimum absolute atomic E-state index is 0.0431. The Morgan fingerprint density at radius 2 is 2.28 bits per heavy atom. The quantitative estimate of drug-likeness (QED) is 0.389. The van der Waals surface area contributed by atoms with E-state index in [2.05, 4.69) is 26.5 Å². The molecule has 0 fully saturated rings. The molecule has 11 heteroatoms. The van der Waals surface area contributed by atoms with Gasteiger partial charge < -0.3 is 10.8 Å². The summed E-state index contributed by atoms with van der Waals surface area (Å²) in [6.45, 7) is 1.59. The van der Waals surface area contributed by atoms with Crippen LogP contribution in [0.3, 0.4) is 0 Å². The number of benzene rings is 1. The number of carbonyl (C=O) groups excluding carboxylic acids is 1. The summed E-state index contributed by atoms with van der Waals surface area (Å²) in [4.78, 5) is 22.5. The topological polar surface area (TPSA) is 155 Å². The zero-order valence-corrected chi connectivity index (χ0v) is 15.0. The van der Waals surface area contributed by atoms with Crippen LogP contribution in [0.15, 0.2) is 21.7 Å². The Kier molecular flexibility index (Phi) is 5.35. The van der Waals surface area contributed by atoms with Gasteiger partial charge in [-0.3, -0.25) is 14.9 Å². The third-order valence-corrected chi connectivity index (χ3v) is 4.87. The third kappa shape index (κ3) is 3.76. The Morgan fingerprint density at radius 1 is 1.60 bits per heavy atom. The first kappa shape index (κ1) is 18.4. The maximum absolute atomic E-state index is 12.1. The number of nitrogens with zero attached hydrogens (tertiary/aromatic N) is 3. The van der Waals surface area contributed by atoms with E-state index in [4.69, 9.17) is 11.0 Å². The van der Waals surface area contributed by atoms with Gasteiger partial charge in [-0.15, -0.1) is 11.3 Å². The molecular formula is C14H10BrN5O4S. The van der Waals surface area contributed by atoms with Gasteiger partial charge in [-0.2, -0.15) is 10.4 Å². The molecule has 0 saturated heterocycles. The minimum atomic E-state index is -0.624. The van der Waals surface area contributed by atoms with Crippen molar-refractivity contribution in [3.63, 3.8) is 0 Å². The highest BCUT2D eigenvalue weighted by molar-refractivity contribution is 9.10. The summed E-state index contributed by atoms with van der Waals surface area (Å²) in [7, 11) is 0. The number of hydrogen-bond donors (Lipinski definition) is 3. The van der Waals surface area contributed by atoms with Crippen molar-refractivity contribution in [1.82, 2.24) is 5.43 Å². The van der Waals surface area contributed by atoms with Crippen molar-refractivity contribution in [3.8, 4) is 11.8 Å². The molecule has 1 aromatic carbocycles. The fraction of sp³-hybridized carbons (Fsp3) is 0.0714. The Balaban J connectivity index is 2.23. The van der Waals surface area contributed by atoms with E-state index >= 15 is 0 Å². The van der Waals surface area contributed by atoms with Crippen LogP contribution in [-0.4, -0.2) is 22.2 Å². The van der Waals surface area contributed by atoms with Gasteiger partial charge in [0.25, 0.3) is 11.6 Å². The second-order valence-corrected chi connectivity index (χ2v) is 6.64. The summed E-state index contributed by atoms with van der Waals surface area (Å²) in [5.41, 5.74) is 8.37. The first-order valence-electron chi connectivity index (χ1n) is 6.55. The first-order valence-corrected chi connectivity index (χ1v) is 8.16. The van der Waals surface area contributed by atoms with Gasteiger partial charge >= 0.3 is 0 Å². The lowest BCUT2D eigenvalue weighted by atomic mass is 10.2. The molecule has 2 rings (SSSR count). The standard InChI is InChI=1S/C14H10BrN5O4S/c1-6-9(4-16)13(17)25-12(6)14(22)19-18-5-7-2-8(20(23)24)3-10(15)11(7)21/h2-3,5,21H,17H2,1H3,(H,19,22)/b18-5-. The molecule has 0 aliphatic rings. The summed E-state index contributed by atoms with van der Waals surface area (Å²) in [6.07, 6.45) is 1.07. The lowest BCUT2D eigenvalue weighted by molar-refractivity contribution is -0.385. The maximum Gasteiger partial charge on any atom is 0.281 e. The monoisotopic (exact) mass is 423 g/mol. The fourth-order valence-corrected chi connectivity index (χ4v) is 3.29. The first-order chi connectivity index (χ1) is 11.8. The van der Waals surface area contributed by atoms with Gasteiger partial charge in [0.05, 0.1) is 21.2 Å². The van der Waals surface area contributed by atoms with Crippen molar-refractivity contribution in [3.05, 3.63) is 48.3 Å². The molecule has 0 radical (unpaired) electrons. The van der Waals surface area contributed by atoms with Gasteiger partial charge in [-0.05, 0) is 28.4 Å². The van der Waals surface area contributed by atoms with Gasteiger partial charge in [0.15, 0.2) is 0 Å². The van der Waals surface area contributed by atoms with Crippen LogP contribution in [0.4, 0.5) is 10.7 Å². The minimum Gasteiger partial charge on any atom is -0.506 e. The normalized spacial score (nSPS) is 10.6. The number of aromatic hydroxyl groups is 1. The lowest BCUT2D eigenvalue weighted by Gasteiger charge is -2.02. The molecule has 1 aromatic heterocycles. The molecule has 1 heterocycles. The molecule has 0 spiro atoms. The average molecular weight is 424 g/mol. The number of halogens is 1. The fourth-order valence-electron chi connectivity index (χ4n) is 1.91. The molecule has 1 amide bonds. The van der Waals surface area contributed by atoms with E-state index in [0.29, 0.717) is 5.56 Å². The Morgan fingerprint density at radius 3 is 2.84 bits per heavy atom. The number of carbonyl (C=O) groups is 1. The Hall–Kier alpha value is -2.97. The van der Waals surface area contributed by atoms with Gasteiger partial charge in [0.2, 0.25) is 0 Å². The largest absolute Gasteiger partial charge is 0.506 e. The van der Waals surface area contributed by atoms with Crippen LogP contribution < -0.4 is 11.2 Å².